The van der Waals surface area contributed by atoms with Gasteiger partial charge in [-0.1, -0.05) is 13.3 Å². The van der Waals surface area contributed by atoms with E-state index in [1.54, 1.807) is 0 Å². The smallest absolute Gasteiger partial charge is 0.231 e. The fourth-order valence-electron chi connectivity index (χ4n) is 1.24. The van der Waals surface area contributed by atoms with Crippen molar-refractivity contribution in [2.24, 2.45) is 0 Å². The van der Waals surface area contributed by atoms with E-state index < -0.39 is 0 Å². The molecule has 0 bridgehead atoms. The van der Waals surface area contributed by atoms with E-state index in [-0.39, 0.29) is 5.95 Å². The minimum absolute atomic E-state index is 0.261. The van der Waals surface area contributed by atoms with Crippen LogP contribution in [0.4, 0.5) is 17.8 Å². The average molecular weight is 224 g/mol. The van der Waals surface area contributed by atoms with Crippen LogP contribution in [-0.4, -0.2) is 42.6 Å². The number of unbranched alkanes of at least 4 members (excludes halogenated alkanes) is 1. The van der Waals surface area contributed by atoms with Gasteiger partial charge in [0.1, 0.15) is 0 Å². The predicted octanol–water partition coefficient (Wildman–Crippen LogP) is 0.756. The summed E-state index contributed by atoms with van der Waals surface area (Å²) in [5, 5.41) is 0. The summed E-state index contributed by atoms with van der Waals surface area (Å²) in [6.07, 6.45) is 2.25. The van der Waals surface area contributed by atoms with Crippen molar-refractivity contribution in [3.63, 3.8) is 0 Å². The summed E-state index contributed by atoms with van der Waals surface area (Å²) >= 11 is 0. The van der Waals surface area contributed by atoms with Crippen molar-refractivity contribution in [1.82, 2.24) is 15.0 Å². The Morgan fingerprint density at radius 1 is 1.06 bits per heavy atom. The van der Waals surface area contributed by atoms with Crippen molar-refractivity contribution in [2.75, 3.05) is 43.2 Å². The number of nitrogen functional groups attached to an aromatic ring is 1. The molecule has 6 nitrogen and oxygen atoms in total. The van der Waals surface area contributed by atoms with Gasteiger partial charge in [-0.3, -0.25) is 0 Å². The van der Waals surface area contributed by atoms with E-state index in [0.717, 1.165) is 19.4 Å². The molecule has 1 aromatic heterocycles. The fourth-order valence-corrected chi connectivity index (χ4v) is 1.24. The molecule has 1 rings (SSSR count). The number of rotatable bonds is 5. The zero-order valence-corrected chi connectivity index (χ0v) is 10.4. The monoisotopic (exact) mass is 224 g/mol. The van der Waals surface area contributed by atoms with Gasteiger partial charge in [0, 0.05) is 27.7 Å². The molecule has 0 fully saturated rings. The molecule has 16 heavy (non-hydrogen) atoms. The molecule has 0 unspecified atom stereocenters. The Morgan fingerprint density at radius 2 is 1.69 bits per heavy atom. The Kier molecular flexibility index (Phi) is 4.28. The van der Waals surface area contributed by atoms with E-state index in [1.165, 1.54) is 0 Å². The molecule has 0 aliphatic heterocycles. The number of nitrogens with zero attached hydrogens (tertiary/aromatic N) is 5. The third kappa shape index (κ3) is 3.22. The third-order valence-corrected chi connectivity index (χ3v) is 2.22. The van der Waals surface area contributed by atoms with Crippen LogP contribution in [0.25, 0.3) is 0 Å². The van der Waals surface area contributed by atoms with Crippen LogP contribution in [0.15, 0.2) is 0 Å². The molecule has 1 aromatic rings. The summed E-state index contributed by atoms with van der Waals surface area (Å²) in [6.45, 7) is 3.08. The van der Waals surface area contributed by atoms with Crippen LogP contribution in [-0.2, 0) is 0 Å². The molecule has 1 heterocycles. The topological polar surface area (TPSA) is 71.2 Å². The quantitative estimate of drug-likeness (QED) is 0.796. The molecular formula is C10H20N6. The first-order valence-corrected chi connectivity index (χ1v) is 5.44. The molecular weight excluding hydrogens is 204 g/mol. The van der Waals surface area contributed by atoms with Crippen LogP contribution in [0.5, 0.6) is 0 Å². The highest BCUT2D eigenvalue weighted by Crippen LogP contribution is 2.12. The van der Waals surface area contributed by atoms with Crippen LogP contribution in [0.1, 0.15) is 19.8 Å². The van der Waals surface area contributed by atoms with Crippen molar-refractivity contribution in [1.29, 1.82) is 0 Å². The van der Waals surface area contributed by atoms with E-state index >= 15 is 0 Å². The Morgan fingerprint density at radius 3 is 2.25 bits per heavy atom. The average Bonchev–Trinajstić information content (AvgIpc) is 2.24. The van der Waals surface area contributed by atoms with E-state index in [9.17, 15) is 0 Å². The summed E-state index contributed by atoms with van der Waals surface area (Å²) in [5.41, 5.74) is 5.65. The van der Waals surface area contributed by atoms with Gasteiger partial charge in [-0.2, -0.15) is 15.0 Å². The maximum Gasteiger partial charge on any atom is 0.231 e. The number of hydrogen-bond acceptors (Lipinski definition) is 6. The fraction of sp³-hybridized carbons (Fsp3) is 0.700. The highest BCUT2D eigenvalue weighted by molar-refractivity contribution is 5.41. The minimum atomic E-state index is 0.261. The van der Waals surface area contributed by atoms with Gasteiger partial charge in [0.25, 0.3) is 0 Å². The Hall–Kier alpha value is -1.59. The van der Waals surface area contributed by atoms with Crippen molar-refractivity contribution >= 4 is 17.8 Å². The summed E-state index contributed by atoms with van der Waals surface area (Å²) in [6, 6.07) is 0. The van der Waals surface area contributed by atoms with Crippen molar-refractivity contribution in [2.45, 2.75) is 19.8 Å². The van der Waals surface area contributed by atoms with Crippen LogP contribution in [0.2, 0.25) is 0 Å². The first kappa shape index (κ1) is 12.5. The van der Waals surface area contributed by atoms with Crippen molar-refractivity contribution in [3.8, 4) is 0 Å². The Bertz CT molecular complexity index is 338. The van der Waals surface area contributed by atoms with E-state index in [0.29, 0.717) is 11.9 Å². The van der Waals surface area contributed by atoms with Gasteiger partial charge >= 0.3 is 0 Å². The van der Waals surface area contributed by atoms with Crippen LogP contribution >= 0.6 is 0 Å². The summed E-state index contributed by atoms with van der Waals surface area (Å²) in [4.78, 5) is 16.3. The highest BCUT2D eigenvalue weighted by Gasteiger charge is 2.09. The predicted molar refractivity (Wildman–Crippen MR) is 66.7 cm³/mol. The summed E-state index contributed by atoms with van der Waals surface area (Å²) in [5.74, 6) is 1.48. The first-order valence-electron chi connectivity index (χ1n) is 5.44. The normalized spacial score (nSPS) is 10.2. The second-order valence-electron chi connectivity index (χ2n) is 3.96. The van der Waals surface area contributed by atoms with E-state index in [4.69, 9.17) is 5.73 Å². The van der Waals surface area contributed by atoms with Gasteiger partial charge in [0.2, 0.25) is 17.8 Å². The molecule has 0 aromatic carbocycles. The highest BCUT2D eigenvalue weighted by atomic mass is 15.3. The minimum Gasteiger partial charge on any atom is -0.368 e. The molecule has 2 N–H and O–H groups in total. The van der Waals surface area contributed by atoms with Gasteiger partial charge in [0.05, 0.1) is 0 Å². The lowest BCUT2D eigenvalue weighted by Crippen LogP contribution is -2.23. The zero-order valence-electron chi connectivity index (χ0n) is 10.4. The summed E-state index contributed by atoms with van der Waals surface area (Å²) in [7, 11) is 5.72. The number of anilines is 3. The Balaban J connectivity index is 2.86. The lowest BCUT2D eigenvalue weighted by molar-refractivity contribution is 0.746. The lowest BCUT2D eigenvalue weighted by atomic mass is 10.3. The molecule has 0 aliphatic carbocycles. The Labute approximate surface area is 96.5 Å². The molecule has 6 heteroatoms. The zero-order chi connectivity index (χ0) is 12.1. The van der Waals surface area contributed by atoms with Gasteiger partial charge < -0.3 is 15.5 Å². The van der Waals surface area contributed by atoms with Crippen LogP contribution in [0, 0.1) is 0 Å². The summed E-state index contributed by atoms with van der Waals surface area (Å²) < 4.78 is 0. The van der Waals surface area contributed by atoms with E-state index in [1.807, 2.05) is 30.9 Å². The molecule has 0 saturated carbocycles. The van der Waals surface area contributed by atoms with Crippen molar-refractivity contribution < 1.29 is 0 Å². The SMILES string of the molecule is CCCCN(C)c1nc(N)nc(N(C)C)n1. The molecule has 0 aliphatic rings. The van der Waals surface area contributed by atoms with Gasteiger partial charge in [0.15, 0.2) is 0 Å². The van der Waals surface area contributed by atoms with E-state index in [2.05, 4.69) is 21.9 Å². The molecule has 90 valence electrons. The standard InChI is InChI=1S/C10H20N6/c1-5-6-7-16(4)10-13-8(11)12-9(14-10)15(2)3/h5-7H2,1-4H3,(H2,11,12,13,14). The second kappa shape index (κ2) is 5.48. The maximum atomic E-state index is 5.65. The van der Waals surface area contributed by atoms with Crippen molar-refractivity contribution in [3.05, 3.63) is 0 Å². The third-order valence-electron chi connectivity index (χ3n) is 2.22. The molecule has 0 amide bonds. The number of nitrogens with two attached hydrogens (primary N) is 1. The maximum absolute atomic E-state index is 5.65. The first-order chi connectivity index (χ1) is 7.54. The molecule has 0 atom stereocenters. The van der Waals surface area contributed by atoms with Crippen LogP contribution < -0.4 is 15.5 Å². The van der Waals surface area contributed by atoms with Gasteiger partial charge in [-0.15, -0.1) is 0 Å². The number of hydrogen-bond donors (Lipinski definition) is 1. The molecule has 0 saturated heterocycles. The molecule has 0 spiro atoms. The van der Waals surface area contributed by atoms with Gasteiger partial charge in [-0.25, -0.2) is 0 Å². The largest absolute Gasteiger partial charge is 0.368 e. The lowest BCUT2D eigenvalue weighted by Gasteiger charge is -2.18. The van der Waals surface area contributed by atoms with Gasteiger partial charge in [-0.05, 0) is 6.42 Å². The number of aromatic nitrogens is 3. The van der Waals surface area contributed by atoms with Crippen LogP contribution in [0.3, 0.4) is 0 Å². The second-order valence-corrected chi connectivity index (χ2v) is 3.96. The molecule has 0 radical (unpaired) electrons.